The molecule has 0 heterocycles. The Labute approximate surface area is 50.4 Å². The maximum Gasteiger partial charge on any atom is 0.126 e. The summed E-state index contributed by atoms with van der Waals surface area (Å²) in [4.78, 5) is 9.44. The quantitative estimate of drug-likeness (QED) is 0.474. The standard InChI is InChI=1S/C3H6O.C2H8N2/c1-3(2)4;1-3-4-2/h1-2H3;3-4H,1-2H3. The van der Waals surface area contributed by atoms with Crippen molar-refractivity contribution in [3.8, 4) is 0 Å². The molecule has 0 aliphatic heterocycles. The van der Waals surface area contributed by atoms with Crippen LogP contribution in [0, 0.1) is 0 Å². The van der Waals surface area contributed by atoms with Gasteiger partial charge in [0.05, 0.1) is 0 Å². The van der Waals surface area contributed by atoms with Gasteiger partial charge in [-0.1, -0.05) is 0 Å². The minimum absolute atomic E-state index is 0.167. The van der Waals surface area contributed by atoms with Gasteiger partial charge < -0.3 is 4.79 Å². The van der Waals surface area contributed by atoms with Gasteiger partial charge in [-0.25, -0.2) is 0 Å². The van der Waals surface area contributed by atoms with Gasteiger partial charge in [0.25, 0.3) is 0 Å². The third-order valence-electron chi connectivity index (χ3n) is 0.250. The SMILES string of the molecule is CC(C)=O.CNNC. The lowest BCUT2D eigenvalue weighted by molar-refractivity contribution is -0.114. The minimum Gasteiger partial charge on any atom is -0.300 e. The first kappa shape index (κ1) is 10.5. The normalized spacial score (nSPS) is 7.00. The van der Waals surface area contributed by atoms with Crippen LogP contribution in [0.2, 0.25) is 0 Å². The van der Waals surface area contributed by atoms with Crippen LogP contribution in [0.1, 0.15) is 13.8 Å². The number of hydrogen-bond acceptors (Lipinski definition) is 3. The second-order valence-electron chi connectivity index (χ2n) is 1.41. The van der Waals surface area contributed by atoms with Gasteiger partial charge >= 0.3 is 0 Å². The van der Waals surface area contributed by atoms with Gasteiger partial charge in [0, 0.05) is 0 Å². The summed E-state index contributed by atoms with van der Waals surface area (Å²) in [5, 5.41) is 0. The highest BCUT2D eigenvalue weighted by atomic mass is 16.1. The number of hydrogen-bond donors (Lipinski definition) is 2. The molecule has 3 heteroatoms. The Morgan fingerprint density at radius 3 is 1.25 bits per heavy atom. The molecule has 0 fully saturated rings. The van der Waals surface area contributed by atoms with E-state index in [-0.39, 0.29) is 5.78 Å². The number of rotatable bonds is 1. The molecule has 0 atom stereocenters. The third-order valence-corrected chi connectivity index (χ3v) is 0.250. The van der Waals surface area contributed by atoms with Gasteiger partial charge in [-0.05, 0) is 27.9 Å². The van der Waals surface area contributed by atoms with Gasteiger partial charge in [0.2, 0.25) is 0 Å². The molecule has 2 N–H and O–H groups in total. The number of Topliss-reactive ketones (excluding diaryl/α,β-unsaturated/α-hetero) is 1. The van der Waals surface area contributed by atoms with E-state index in [2.05, 4.69) is 10.9 Å². The minimum atomic E-state index is 0.167. The van der Waals surface area contributed by atoms with Crippen LogP contribution in [0.25, 0.3) is 0 Å². The molecule has 0 radical (unpaired) electrons. The van der Waals surface area contributed by atoms with Crippen LogP contribution in [0.3, 0.4) is 0 Å². The second-order valence-corrected chi connectivity index (χ2v) is 1.41. The summed E-state index contributed by atoms with van der Waals surface area (Å²) < 4.78 is 0. The molecule has 3 nitrogen and oxygen atoms in total. The van der Waals surface area contributed by atoms with Gasteiger partial charge in [0.1, 0.15) is 5.78 Å². The van der Waals surface area contributed by atoms with E-state index in [0.717, 1.165) is 0 Å². The number of carbonyl (C=O) groups is 1. The largest absolute Gasteiger partial charge is 0.300 e. The molecule has 50 valence electrons. The van der Waals surface area contributed by atoms with Crippen molar-refractivity contribution in [2.24, 2.45) is 0 Å². The number of carbonyl (C=O) groups excluding carboxylic acids is 1. The average molecular weight is 118 g/mol. The van der Waals surface area contributed by atoms with E-state index in [4.69, 9.17) is 0 Å². The zero-order chi connectivity index (χ0) is 6.99. The molecule has 0 amide bonds. The Morgan fingerprint density at radius 2 is 1.25 bits per heavy atom. The van der Waals surface area contributed by atoms with Crippen molar-refractivity contribution < 1.29 is 4.79 Å². The summed E-state index contributed by atoms with van der Waals surface area (Å²) in [6, 6.07) is 0. The summed E-state index contributed by atoms with van der Waals surface area (Å²) >= 11 is 0. The topological polar surface area (TPSA) is 41.1 Å². The Morgan fingerprint density at radius 1 is 1.12 bits per heavy atom. The first-order valence-corrected chi connectivity index (χ1v) is 2.45. The lowest BCUT2D eigenvalue weighted by Gasteiger charge is -1.81. The Bertz CT molecular complexity index is 48.4. The molecule has 0 unspecified atom stereocenters. The molecule has 0 aromatic heterocycles. The Kier molecular flexibility index (Phi) is 12.9. The highest BCUT2D eigenvalue weighted by molar-refractivity contribution is 5.72. The van der Waals surface area contributed by atoms with Crippen molar-refractivity contribution in [2.75, 3.05) is 14.1 Å². The summed E-state index contributed by atoms with van der Waals surface area (Å²) in [6.45, 7) is 3.06. The molecule has 0 aliphatic carbocycles. The smallest absolute Gasteiger partial charge is 0.126 e. The number of nitrogens with one attached hydrogen (secondary N) is 2. The highest BCUT2D eigenvalue weighted by Gasteiger charge is 1.62. The highest BCUT2D eigenvalue weighted by Crippen LogP contribution is 1.50. The fraction of sp³-hybridized carbons (Fsp3) is 0.800. The average Bonchev–Trinajstić information content (AvgIpc) is 1.65. The van der Waals surface area contributed by atoms with E-state index in [1.165, 1.54) is 13.8 Å². The molecule has 0 spiro atoms. The molecule has 0 rings (SSSR count). The van der Waals surface area contributed by atoms with Crippen molar-refractivity contribution in [3.05, 3.63) is 0 Å². The van der Waals surface area contributed by atoms with Crippen LogP contribution in [-0.4, -0.2) is 19.9 Å². The van der Waals surface area contributed by atoms with Crippen molar-refractivity contribution in [2.45, 2.75) is 13.8 Å². The van der Waals surface area contributed by atoms with E-state index >= 15 is 0 Å². The second kappa shape index (κ2) is 9.77. The molecule has 0 saturated heterocycles. The zero-order valence-electron chi connectivity index (χ0n) is 5.91. The Hall–Kier alpha value is -0.410. The zero-order valence-corrected chi connectivity index (χ0v) is 5.91. The van der Waals surface area contributed by atoms with Gasteiger partial charge in [-0.2, -0.15) is 0 Å². The monoisotopic (exact) mass is 118 g/mol. The van der Waals surface area contributed by atoms with E-state index in [1.807, 2.05) is 14.1 Å². The molecule has 0 aromatic carbocycles. The van der Waals surface area contributed by atoms with E-state index in [0.29, 0.717) is 0 Å². The molecule has 8 heavy (non-hydrogen) atoms. The lowest BCUT2D eigenvalue weighted by Crippen LogP contribution is -2.21. The predicted molar refractivity (Wildman–Crippen MR) is 34.5 cm³/mol. The van der Waals surface area contributed by atoms with Gasteiger partial charge in [0.15, 0.2) is 0 Å². The van der Waals surface area contributed by atoms with Crippen molar-refractivity contribution >= 4 is 5.78 Å². The molecule has 0 aliphatic rings. The van der Waals surface area contributed by atoms with Crippen LogP contribution < -0.4 is 10.9 Å². The van der Waals surface area contributed by atoms with Crippen molar-refractivity contribution in [1.82, 2.24) is 10.9 Å². The van der Waals surface area contributed by atoms with Crippen LogP contribution >= 0.6 is 0 Å². The lowest BCUT2D eigenvalue weighted by atomic mass is 10.6. The van der Waals surface area contributed by atoms with Crippen LogP contribution in [0.15, 0.2) is 0 Å². The summed E-state index contributed by atoms with van der Waals surface area (Å²) in [5.74, 6) is 0.167. The summed E-state index contributed by atoms with van der Waals surface area (Å²) in [7, 11) is 3.64. The first-order chi connectivity index (χ1) is 3.65. The maximum atomic E-state index is 9.44. The Balaban J connectivity index is 0. The maximum absolute atomic E-state index is 9.44. The predicted octanol–water partition coefficient (Wildman–Crippen LogP) is -0.0645. The van der Waals surface area contributed by atoms with Crippen molar-refractivity contribution in [3.63, 3.8) is 0 Å². The fourth-order valence-corrected chi connectivity index (χ4v) is 0. The van der Waals surface area contributed by atoms with Crippen LogP contribution in [0.4, 0.5) is 0 Å². The van der Waals surface area contributed by atoms with Gasteiger partial charge in [-0.15, -0.1) is 0 Å². The third kappa shape index (κ3) is 338. The fourth-order valence-electron chi connectivity index (χ4n) is 0. The number of hydrazine groups is 1. The van der Waals surface area contributed by atoms with Crippen LogP contribution in [-0.2, 0) is 4.79 Å². The summed E-state index contributed by atoms with van der Waals surface area (Å²) in [5.41, 5.74) is 5.36. The van der Waals surface area contributed by atoms with Gasteiger partial charge in [-0.3, -0.25) is 10.9 Å². The molecular formula is C5H14N2O. The summed E-state index contributed by atoms with van der Waals surface area (Å²) in [6.07, 6.45) is 0. The van der Waals surface area contributed by atoms with Crippen molar-refractivity contribution in [1.29, 1.82) is 0 Å². The first-order valence-electron chi connectivity index (χ1n) is 2.45. The van der Waals surface area contributed by atoms with E-state index in [1.54, 1.807) is 0 Å². The molecule has 0 aromatic rings. The van der Waals surface area contributed by atoms with E-state index in [9.17, 15) is 4.79 Å². The molecule has 0 bridgehead atoms. The molecule has 0 saturated carbocycles. The molecular weight excluding hydrogens is 104 g/mol. The number of ketones is 1. The van der Waals surface area contributed by atoms with E-state index < -0.39 is 0 Å². The van der Waals surface area contributed by atoms with Crippen LogP contribution in [0.5, 0.6) is 0 Å².